The van der Waals surface area contributed by atoms with Crippen LogP contribution in [0.25, 0.3) is 0 Å². The van der Waals surface area contributed by atoms with Crippen LogP contribution < -0.4 is 10.2 Å². The molecule has 0 spiro atoms. The summed E-state index contributed by atoms with van der Waals surface area (Å²) >= 11 is 6.39. The molecular weight excluding hydrogens is 442 g/mol. The predicted octanol–water partition coefficient (Wildman–Crippen LogP) is 4.03. The van der Waals surface area contributed by atoms with E-state index in [2.05, 4.69) is 15.4 Å². The topological polar surface area (TPSA) is 97.2 Å². The highest BCUT2D eigenvalue weighted by Crippen LogP contribution is 2.34. The first-order valence-electron chi connectivity index (χ1n) is 10.0. The molecule has 2 heterocycles. The van der Waals surface area contributed by atoms with Gasteiger partial charge in [-0.1, -0.05) is 35.9 Å². The second kappa shape index (κ2) is 8.33. The Kier molecular flexibility index (Phi) is 5.20. The molecule has 3 aromatic carbocycles. The summed E-state index contributed by atoms with van der Waals surface area (Å²) in [6, 6.07) is 18.4. The summed E-state index contributed by atoms with van der Waals surface area (Å²) in [6.45, 7) is 0.552. The Labute approximate surface area is 193 Å². The fourth-order valence-corrected chi connectivity index (χ4v) is 3.91. The van der Waals surface area contributed by atoms with Gasteiger partial charge in [0.15, 0.2) is 0 Å². The maximum atomic E-state index is 12.7. The van der Waals surface area contributed by atoms with Gasteiger partial charge in [-0.25, -0.2) is 14.6 Å². The van der Waals surface area contributed by atoms with Crippen LogP contribution in [0.2, 0.25) is 5.02 Å². The van der Waals surface area contributed by atoms with E-state index in [0.29, 0.717) is 28.9 Å². The van der Waals surface area contributed by atoms with E-state index in [4.69, 9.17) is 11.6 Å². The van der Waals surface area contributed by atoms with Gasteiger partial charge in [0.1, 0.15) is 12.7 Å². The number of carbonyl (C=O) groups excluding carboxylic acids is 3. The average molecular weight is 458 g/mol. The lowest BCUT2D eigenvalue weighted by Crippen LogP contribution is -2.29. The molecule has 162 valence electrons. The van der Waals surface area contributed by atoms with Gasteiger partial charge >= 0.3 is 0 Å². The molecule has 1 aliphatic heterocycles. The van der Waals surface area contributed by atoms with Gasteiger partial charge in [0.2, 0.25) is 0 Å². The van der Waals surface area contributed by atoms with Crippen molar-refractivity contribution in [2.24, 2.45) is 0 Å². The number of amides is 3. The van der Waals surface area contributed by atoms with Crippen LogP contribution >= 0.6 is 11.6 Å². The minimum Gasteiger partial charge on any atom is -0.322 e. The number of hydrogen-bond donors (Lipinski definition) is 1. The summed E-state index contributed by atoms with van der Waals surface area (Å²) in [5.41, 5.74) is 2.82. The third kappa shape index (κ3) is 3.88. The first-order valence-corrected chi connectivity index (χ1v) is 10.4. The molecular formula is C24H16ClN5O3. The first kappa shape index (κ1) is 20.6. The zero-order valence-electron chi connectivity index (χ0n) is 17.1. The number of hydrogen-bond acceptors (Lipinski definition) is 5. The second-order valence-electron chi connectivity index (χ2n) is 7.40. The van der Waals surface area contributed by atoms with Crippen LogP contribution in [-0.4, -0.2) is 32.5 Å². The van der Waals surface area contributed by atoms with E-state index >= 15 is 0 Å². The van der Waals surface area contributed by atoms with Crippen molar-refractivity contribution < 1.29 is 14.4 Å². The van der Waals surface area contributed by atoms with Gasteiger partial charge in [-0.2, -0.15) is 5.10 Å². The maximum Gasteiger partial charge on any atom is 0.266 e. The minimum absolute atomic E-state index is 0.172. The zero-order chi connectivity index (χ0) is 22.9. The predicted molar refractivity (Wildman–Crippen MR) is 123 cm³/mol. The fourth-order valence-electron chi connectivity index (χ4n) is 3.64. The van der Waals surface area contributed by atoms with Crippen molar-refractivity contribution >= 4 is 40.7 Å². The van der Waals surface area contributed by atoms with Crippen LogP contribution in [0.5, 0.6) is 0 Å². The highest BCUT2D eigenvalue weighted by atomic mass is 35.5. The molecule has 0 unspecified atom stereocenters. The number of rotatable bonds is 5. The van der Waals surface area contributed by atoms with Gasteiger partial charge in [-0.05, 0) is 48.0 Å². The van der Waals surface area contributed by atoms with Gasteiger partial charge in [-0.3, -0.25) is 14.4 Å². The van der Waals surface area contributed by atoms with Gasteiger partial charge in [-0.15, -0.1) is 0 Å². The molecule has 3 amide bonds. The molecule has 0 aliphatic carbocycles. The Hall–Kier alpha value is -4.30. The third-order valence-electron chi connectivity index (χ3n) is 5.27. The summed E-state index contributed by atoms with van der Waals surface area (Å²) in [4.78, 5) is 43.0. The lowest BCUT2D eigenvalue weighted by molar-refractivity contribution is 0.0924. The van der Waals surface area contributed by atoms with Gasteiger partial charge in [0.05, 0.1) is 28.4 Å². The zero-order valence-corrected chi connectivity index (χ0v) is 17.9. The number of fused-ring (bicyclic) bond motifs is 1. The molecule has 1 N–H and O–H groups in total. The molecule has 9 heteroatoms. The molecule has 1 aliphatic rings. The lowest BCUT2D eigenvalue weighted by Gasteiger charge is -2.16. The van der Waals surface area contributed by atoms with Crippen LogP contribution in [-0.2, 0) is 6.54 Å². The van der Waals surface area contributed by atoms with Gasteiger partial charge in [0, 0.05) is 11.3 Å². The number of aromatic nitrogens is 3. The summed E-state index contributed by atoms with van der Waals surface area (Å²) < 4.78 is 1.69. The molecule has 0 saturated heterocycles. The Morgan fingerprint density at radius 2 is 1.64 bits per heavy atom. The number of halogens is 1. The van der Waals surface area contributed by atoms with Crippen molar-refractivity contribution in [1.29, 1.82) is 0 Å². The third-order valence-corrected chi connectivity index (χ3v) is 5.57. The van der Waals surface area contributed by atoms with Gasteiger partial charge in [0.25, 0.3) is 17.7 Å². The number of carbonyl (C=O) groups is 3. The number of nitrogens with zero attached hydrogens (tertiary/aromatic N) is 4. The summed E-state index contributed by atoms with van der Waals surface area (Å²) in [5.74, 6) is -1.17. The summed E-state index contributed by atoms with van der Waals surface area (Å²) in [7, 11) is 0. The van der Waals surface area contributed by atoms with E-state index in [9.17, 15) is 14.4 Å². The maximum absolute atomic E-state index is 12.7. The first-order chi connectivity index (χ1) is 16.0. The molecule has 5 rings (SSSR count). The average Bonchev–Trinajstić information content (AvgIpc) is 3.42. The molecule has 0 radical (unpaired) electrons. The van der Waals surface area contributed by atoms with Crippen LogP contribution in [0.3, 0.4) is 0 Å². The smallest absolute Gasteiger partial charge is 0.266 e. The van der Waals surface area contributed by atoms with E-state index in [-0.39, 0.29) is 16.6 Å². The molecule has 4 aromatic rings. The number of imide groups is 1. The Balaban J connectivity index is 1.30. The van der Waals surface area contributed by atoms with E-state index in [1.165, 1.54) is 12.4 Å². The molecule has 0 bridgehead atoms. The van der Waals surface area contributed by atoms with E-state index in [1.54, 1.807) is 59.5 Å². The van der Waals surface area contributed by atoms with E-state index in [0.717, 1.165) is 10.5 Å². The largest absolute Gasteiger partial charge is 0.322 e. The Bertz CT molecular complexity index is 1350. The number of benzene rings is 3. The van der Waals surface area contributed by atoms with Crippen molar-refractivity contribution in [2.75, 3.05) is 10.2 Å². The molecule has 0 saturated carbocycles. The SMILES string of the molecule is O=C(Nc1ccc(N2C(=O)c3ccccc3C2=O)c(Cl)c1)c1ccc(Cn2cncn2)cc1. The quantitative estimate of drug-likeness (QED) is 0.456. The van der Waals surface area contributed by atoms with Crippen molar-refractivity contribution in [2.45, 2.75) is 6.54 Å². The van der Waals surface area contributed by atoms with E-state index in [1.807, 2.05) is 12.1 Å². The molecule has 33 heavy (non-hydrogen) atoms. The normalized spacial score (nSPS) is 12.7. The van der Waals surface area contributed by atoms with Crippen LogP contribution in [0, 0.1) is 0 Å². The molecule has 0 fully saturated rings. The Morgan fingerprint density at radius 3 is 2.24 bits per heavy atom. The number of nitrogens with one attached hydrogen (secondary N) is 1. The van der Waals surface area contributed by atoms with Gasteiger partial charge < -0.3 is 5.32 Å². The minimum atomic E-state index is -0.430. The Morgan fingerprint density at radius 1 is 0.939 bits per heavy atom. The summed E-state index contributed by atoms with van der Waals surface area (Å²) in [6.07, 6.45) is 3.09. The summed E-state index contributed by atoms with van der Waals surface area (Å²) in [5, 5.41) is 7.01. The fraction of sp³-hybridized carbons (Fsp3) is 0.0417. The monoisotopic (exact) mass is 457 g/mol. The van der Waals surface area contributed by atoms with E-state index < -0.39 is 11.8 Å². The highest BCUT2D eigenvalue weighted by Gasteiger charge is 2.37. The van der Waals surface area contributed by atoms with Crippen molar-refractivity contribution in [1.82, 2.24) is 14.8 Å². The lowest BCUT2D eigenvalue weighted by atomic mass is 10.1. The van der Waals surface area contributed by atoms with Crippen LogP contribution in [0.1, 0.15) is 36.6 Å². The molecule has 1 aromatic heterocycles. The molecule has 0 atom stereocenters. The van der Waals surface area contributed by atoms with Crippen molar-refractivity contribution in [3.05, 3.63) is 107 Å². The molecule has 8 nitrogen and oxygen atoms in total. The highest BCUT2D eigenvalue weighted by molar-refractivity contribution is 6.40. The van der Waals surface area contributed by atoms with Crippen molar-refractivity contribution in [3.8, 4) is 0 Å². The number of anilines is 2. The van der Waals surface area contributed by atoms with Crippen LogP contribution in [0.4, 0.5) is 11.4 Å². The second-order valence-corrected chi connectivity index (χ2v) is 7.81. The van der Waals surface area contributed by atoms with Crippen molar-refractivity contribution in [3.63, 3.8) is 0 Å². The van der Waals surface area contributed by atoms with Crippen LogP contribution in [0.15, 0.2) is 79.4 Å². The standard InChI is InChI=1S/C24H16ClN5O3/c25-20-11-17(9-10-21(20)30-23(32)18-3-1-2-4-19(18)24(30)33)28-22(31)16-7-5-15(6-8-16)12-29-14-26-13-27-29/h1-11,13-14H,12H2,(H,28,31).